The number of nitrogens with zero attached hydrogens (tertiary/aromatic N) is 6. The molecule has 0 N–H and O–H groups in total. The maximum absolute atomic E-state index is 13.1. The molecule has 156 valence electrons. The molecule has 1 unspecified atom stereocenters. The van der Waals surface area contributed by atoms with Crippen molar-refractivity contribution in [2.75, 3.05) is 46.4 Å². The Kier molecular flexibility index (Phi) is 5.26. The maximum atomic E-state index is 13.1. The van der Waals surface area contributed by atoms with E-state index in [2.05, 4.69) is 16.0 Å². The summed E-state index contributed by atoms with van der Waals surface area (Å²) in [6, 6.07) is -0.944. The fourth-order valence-electron chi connectivity index (χ4n) is 4.20. The van der Waals surface area contributed by atoms with E-state index < -0.39 is 6.04 Å². The number of amides is 3. The molecule has 0 bridgehead atoms. The lowest BCUT2D eigenvalue weighted by molar-refractivity contribution is -0.677. The molecule has 29 heavy (non-hydrogen) atoms. The number of imidazole rings is 1. The van der Waals surface area contributed by atoms with Crippen LogP contribution in [0.15, 0.2) is 23.3 Å². The van der Waals surface area contributed by atoms with Crippen LogP contribution in [-0.4, -0.2) is 83.5 Å². The maximum Gasteiger partial charge on any atom is 0.401 e. The van der Waals surface area contributed by atoms with Gasteiger partial charge in [-0.25, -0.2) is 13.9 Å². The lowest BCUT2D eigenvalue weighted by Crippen LogP contribution is -2.62. The number of morpholine rings is 1. The Morgan fingerprint density at radius 2 is 2.03 bits per heavy atom. The van der Waals surface area contributed by atoms with E-state index in [0.29, 0.717) is 5.84 Å². The summed E-state index contributed by atoms with van der Waals surface area (Å²) in [6.07, 6.45) is 2.95. The summed E-state index contributed by atoms with van der Waals surface area (Å²) in [7, 11) is 1.67. The molecule has 2 saturated heterocycles. The zero-order valence-corrected chi connectivity index (χ0v) is 17.4. The number of aryl methyl sites for hydroxylation is 1. The van der Waals surface area contributed by atoms with Gasteiger partial charge < -0.3 is 4.74 Å². The van der Waals surface area contributed by atoms with Crippen molar-refractivity contribution in [3.63, 3.8) is 0 Å². The number of hydrogen-bond donors (Lipinski definition) is 0. The molecular weight excluding hydrogens is 372 g/mol. The first-order valence-electron chi connectivity index (χ1n) is 10.1. The minimum absolute atomic E-state index is 0.223. The number of ether oxygens (including phenoxy) is 1. The van der Waals surface area contributed by atoms with Crippen molar-refractivity contribution in [2.45, 2.75) is 32.9 Å². The van der Waals surface area contributed by atoms with E-state index in [0.717, 1.165) is 63.0 Å². The summed E-state index contributed by atoms with van der Waals surface area (Å²) >= 11 is 0. The summed E-state index contributed by atoms with van der Waals surface area (Å²) in [4.78, 5) is 35.6. The minimum Gasteiger partial charge on any atom is -0.379 e. The number of likely N-dealkylation sites (N-methyl/N-ethyl adjacent to an activating group) is 1. The second kappa shape index (κ2) is 7.72. The first kappa shape index (κ1) is 19.8. The van der Waals surface area contributed by atoms with Gasteiger partial charge in [0, 0.05) is 26.7 Å². The quantitative estimate of drug-likeness (QED) is 0.524. The second-order valence-corrected chi connectivity index (χ2v) is 8.03. The monoisotopic (exact) mass is 401 g/mol. The summed E-state index contributed by atoms with van der Waals surface area (Å²) in [5.41, 5.74) is 1.82. The van der Waals surface area contributed by atoms with Crippen molar-refractivity contribution >= 4 is 23.7 Å². The highest BCUT2D eigenvalue weighted by Gasteiger charge is 2.53. The smallest absolute Gasteiger partial charge is 0.379 e. The van der Waals surface area contributed by atoms with Crippen LogP contribution < -0.4 is 4.57 Å². The highest BCUT2D eigenvalue weighted by atomic mass is 16.5. The van der Waals surface area contributed by atoms with E-state index >= 15 is 0 Å². The molecular formula is C20H29N6O3+. The SMILES string of the molecule is C=C(C)CN1C(=O)C2C(=Nc3n(CCCN4CCOCC4)c(C)c[n+]32)N(C)C1=O. The third-order valence-corrected chi connectivity index (χ3v) is 5.71. The lowest BCUT2D eigenvalue weighted by atomic mass is 10.1. The second-order valence-electron chi connectivity index (χ2n) is 8.03. The van der Waals surface area contributed by atoms with Crippen LogP contribution in [0.2, 0.25) is 0 Å². The molecule has 1 aromatic rings. The predicted octanol–water partition coefficient (Wildman–Crippen LogP) is 0.861. The van der Waals surface area contributed by atoms with Crippen molar-refractivity contribution in [1.82, 2.24) is 19.3 Å². The van der Waals surface area contributed by atoms with Gasteiger partial charge in [-0.2, -0.15) is 0 Å². The first-order valence-corrected chi connectivity index (χ1v) is 10.1. The number of carbonyl (C=O) groups excluding carboxylic acids is 2. The van der Waals surface area contributed by atoms with E-state index in [-0.39, 0.29) is 18.5 Å². The zero-order chi connectivity index (χ0) is 20.7. The van der Waals surface area contributed by atoms with Crippen LogP contribution in [0.1, 0.15) is 25.1 Å². The fraction of sp³-hybridized carbons (Fsp3) is 0.600. The van der Waals surface area contributed by atoms with Crippen LogP contribution in [0.3, 0.4) is 0 Å². The molecule has 0 spiro atoms. The Balaban J connectivity index is 1.55. The van der Waals surface area contributed by atoms with Gasteiger partial charge in [-0.05, 0) is 20.3 Å². The van der Waals surface area contributed by atoms with Crippen LogP contribution in [0, 0.1) is 6.92 Å². The van der Waals surface area contributed by atoms with Crippen molar-refractivity contribution < 1.29 is 18.9 Å². The Bertz CT molecular complexity index is 883. The number of imide groups is 1. The molecule has 3 amide bonds. The highest BCUT2D eigenvalue weighted by molar-refractivity contribution is 6.19. The summed E-state index contributed by atoms with van der Waals surface area (Å²) in [6.45, 7) is 13.3. The molecule has 1 aromatic heterocycles. The average Bonchev–Trinajstić information content (AvgIpc) is 3.20. The molecule has 2 fully saturated rings. The summed E-state index contributed by atoms with van der Waals surface area (Å²) in [5.74, 6) is 0.980. The number of rotatable bonds is 6. The minimum atomic E-state index is -0.591. The van der Waals surface area contributed by atoms with Crippen molar-refractivity contribution in [1.29, 1.82) is 0 Å². The van der Waals surface area contributed by atoms with Crippen molar-refractivity contribution in [3.05, 3.63) is 24.0 Å². The number of fused-ring (bicyclic) bond motifs is 3. The zero-order valence-electron chi connectivity index (χ0n) is 17.4. The van der Waals surface area contributed by atoms with Crippen LogP contribution in [0.5, 0.6) is 0 Å². The summed E-state index contributed by atoms with van der Waals surface area (Å²) in [5, 5.41) is 0. The van der Waals surface area contributed by atoms with Gasteiger partial charge in [0.25, 0.3) is 5.91 Å². The van der Waals surface area contributed by atoms with Gasteiger partial charge in [0.1, 0.15) is 11.9 Å². The normalized spacial score (nSPS) is 22.0. The van der Waals surface area contributed by atoms with Crippen LogP contribution in [-0.2, 0) is 16.1 Å². The lowest BCUT2D eigenvalue weighted by Gasteiger charge is -2.33. The topological polar surface area (TPSA) is 74.3 Å². The van der Waals surface area contributed by atoms with E-state index in [1.807, 2.05) is 24.6 Å². The van der Waals surface area contributed by atoms with Crippen LogP contribution >= 0.6 is 0 Å². The summed E-state index contributed by atoms with van der Waals surface area (Å²) < 4.78 is 9.44. The van der Waals surface area contributed by atoms with Gasteiger partial charge in [0.2, 0.25) is 11.9 Å². The highest BCUT2D eigenvalue weighted by Crippen LogP contribution is 2.29. The Labute approximate surface area is 170 Å². The van der Waals surface area contributed by atoms with E-state index in [9.17, 15) is 9.59 Å². The molecule has 3 aliphatic heterocycles. The molecule has 9 nitrogen and oxygen atoms in total. The molecule has 0 radical (unpaired) electrons. The average molecular weight is 401 g/mol. The first-order chi connectivity index (χ1) is 13.9. The van der Waals surface area contributed by atoms with E-state index in [1.165, 1.54) is 9.80 Å². The third-order valence-electron chi connectivity index (χ3n) is 5.71. The molecule has 4 heterocycles. The molecule has 0 aromatic carbocycles. The standard InChI is InChI=1S/C20H29N6O3/c1-14(2)12-26-18(27)16-17(22(4)20(26)28)21-19-24(15(3)13-25(16)19)7-5-6-23-8-10-29-11-9-23/h13,16H,1,5-12H2,2-4H3/q+1. The Morgan fingerprint density at radius 1 is 1.31 bits per heavy atom. The number of carbonyl (C=O) groups is 2. The molecule has 3 aliphatic rings. The largest absolute Gasteiger partial charge is 0.401 e. The van der Waals surface area contributed by atoms with Gasteiger partial charge in [0.15, 0.2) is 0 Å². The number of aromatic nitrogens is 2. The number of aliphatic imine (C=N–C) groups is 1. The third kappa shape index (κ3) is 3.49. The molecule has 0 aliphatic carbocycles. The number of urea groups is 1. The van der Waals surface area contributed by atoms with Crippen LogP contribution in [0.25, 0.3) is 0 Å². The van der Waals surface area contributed by atoms with E-state index in [4.69, 9.17) is 9.73 Å². The predicted molar refractivity (Wildman–Crippen MR) is 107 cm³/mol. The van der Waals surface area contributed by atoms with Gasteiger partial charge in [-0.3, -0.25) is 19.5 Å². The number of amidine groups is 1. The van der Waals surface area contributed by atoms with Crippen molar-refractivity contribution in [2.24, 2.45) is 4.99 Å². The molecule has 4 rings (SSSR count). The van der Waals surface area contributed by atoms with Crippen molar-refractivity contribution in [3.8, 4) is 0 Å². The van der Waals surface area contributed by atoms with Gasteiger partial charge >= 0.3 is 12.0 Å². The van der Waals surface area contributed by atoms with E-state index in [1.54, 1.807) is 7.05 Å². The molecule has 0 saturated carbocycles. The van der Waals surface area contributed by atoms with Gasteiger partial charge in [0.05, 0.1) is 26.3 Å². The van der Waals surface area contributed by atoms with Crippen LogP contribution in [0.4, 0.5) is 10.7 Å². The fourth-order valence-corrected chi connectivity index (χ4v) is 4.20. The van der Waals surface area contributed by atoms with Gasteiger partial charge in [-0.1, -0.05) is 17.1 Å². The Morgan fingerprint density at radius 3 is 2.72 bits per heavy atom. The Hall–Kier alpha value is -2.52. The van der Waals surface area contributed by atoms with Gasteiger partial charge in [-0.15, -0.1) is 0 Å². The molecule has 9 heteroatoms. The molecule has 1 atom stereocenters. The number of hydrogen-bond acceptors (Lipinski definition) is 5.